The molecule has 0 radical (unpaired) electrons. The molecule has 8 nitrogen and oxygen atoms in total. The normalized spacial score (nSPS) is 11.5. The van der Waals surface area contributed by atoms with Crippen LogP contribution in [0.2, 0.25) is 0 Å². The van der Waals surface area contributed by atoms with Gasteiger partial charge in [-0.05, 0) is 42.3 Å². The van der Waals surface area contributed by atoms with Gasteiger partial charge in [0.05, 0.1) is 19.9 Å². The van der Waals surface area contributed by atoms with Gasteiger partial charge in [-0.1, -0.05) is 48.5 Å². The fourth-order valence-electron chi connectivity index (χ4n) is 3.10. The van der Waals surface area contributed by atoms with Gasteiger partial charge in [-0.2, -0.15) is 9.41 Å². The number of aryl methyl sites for hydroxylation is 1. The van der Waals surface area contributed by atoms with Crippen LogP contribution in [-0.4, -0.2) is 45.5 Å². The molecule has 3 aromatic rings. The highest BCUT2D eigenvalue weighted by Gasteiger charge is 2.26. The van der Waals surface area contributed by atoms with Crippen LogP contribution in [0.15, 0.2) is 82.8 Å². The smallest absolute Gasteiger partial charge is 0.255 e. The van der Waals surface area contributed by atoms with Crippen molar-refractivity contribution < 1.29 is 22.7 Å². The lowest BCUT2D eigenvalue weighted by Crippen LogP contribution is -2.36. The van der Waals surface area contributed by atoms with Crippen LogP contribution in [0.5, 0.6) is 11.5 Å². The van der Waals surface area contributed by atoms with Gasteiger partial charge in [-0.3, -0.25) is 4.79 Å². The van der Waals surface area contributed by atoms with Gasteiger partial charge in [0, 0.05) is 12.6 Å². The van der Waals surface area contributed by atoms with Crippen molar-refractivity contribution in [2.24, 2.45) is 5.10 Å². The Kier molecular flexibility index (Phi) is 8.39. The number of hydrogen-bond acceptors (Lipinski definition) is 6. The van der Waals surface area contributed by atoms with Gasteiger partial charge in [0.1, 0.15) is 23.0 Å². The van der Waals surface area contributed by atoms with Gasteiger partial charge >= 0.3 is 0 Å². The Hall–Kier alpha value is -3.69. The fraction of sp³-hybridized carbons (Fsp3) is 0.200. The van der Waals surface area contributed by atoms with Crippen molar-refractivity contribution in [3.05, 3.63) is 89.5 Å². The number of nitrogens with zero attached hydrogens (tertiary/aromatic N) is 2. The lowest BCUT2D eigenvalue weighted by molar-refractivity contribution is -0.121. The Morgan fingerprint density at radius 1 is 1.03 bits per heavy atom. The second kappa shape index (κ2) is 11.4. The molecule has 1 amide bonds. The molecular formula is C25H27N3O5S. The zero-order chi connectivity index (χ0) is 24.6. The minimum Gasteiger partial charge on any atom is -0.495 e. The summed E-state index contributed by atoms with van der Waals surface area (Å²) in [4.78, 5) is 12.3. The third-order valence-electron chi connectivity index (χ3n) is 4.92. The summed E-state index contributed by atoms with van der Waals surface area (Å²) in [6, 6.07) is 21.9. The highest BCUT2D eigenvalue weighted by molar-refractivity contribution is 7.89. The molecule has 3 rings (SSSR count). The quantitative estimate of drug-likeness (QED) is 0.354. The average Bonchev–Trinajstić information content (AvgIpc) is 2.84. The molecule has 3 aromatic carbocycles. The minimum atomic E-state index is -3.94. The predicted octanol–water partition coefficient (Wildman–Crippen LogP) is 3.35. The van der Waals surface area contributed by atoms with E-state index in [1.807, 2.05) is 48.5 Å². The maximum atomic E-state index is 12.9. The molecule has 0 aromatic heterocycles. The van der Waals surface area contributed by atoms with E-state index in [1.54, 1.807) is 25.1 Å². The van der Waals surface area contributed by atoms with Gasteiger partial charge in [-0.15, -0.1) is 0 Å². The van der Waals surface area contributed by atoms with Crippen molar-refractivity contribution in [2.45, 2.75) is 18.4 Å². The van der Waals surface area contributed by atoms with Crippen LogP contribution in [-0.2, 0) is 21.4 Å². The standard InChI is InChI=1S/C25H27N3O5S/c1-19-13-14-23(32-3)24(15-19)34(30,31)28(2)17-25(29)27-26-16-21-11-7-8-12-22(21)33-18-20-9-5-4-6-10-20/h4-16H,17-18H2,1-3H3,(H,27,29)/b26-16+. The van der Waals surface area contributed by atoms with E-state index in [0.29, 0.717) is 17.9 Å². The Morgan fingerprint density at radius 3 is 2.47 bits per heavy atom. The number of amides is 1. The lowest BCUT2D eigenvalue weighted by atomic mass is 10.2. The summed E-state index contributed by atoms with van der Waals surface area (Å²) in [6.07, 6.45) is 1.45. The van der Waals surface area contributed by atoms with Crippen LogP contribution in [0.25, 0.3) is 0 Å². The summed E-state index contributed by atoms with van der Waals surface area (Å²) in [7, 11) is -1.22. The Morgan fingerprint density at radius 2 is 1.74 bits per heavy atom. The largest absolute Gasteiger partial charge is 0.495 e. The van der Waals surface area contributed by atoms with Crippen molar-refractivity contribution in [3.63, 3.8) is 0 Å². The van der Waals surface area contributed by atoms with E-state index < -0.39 is 22.5 Å². The Balaban J connectivity index is 1.62. The third-order valence-corrected chi connectivity index (χ3v) is 6.75. The molecule has 0 aliphatic heterocycles. The Bertz CT molecular complexity index is 1260. The number of ether oxygens (including phenoxy) is 2. The number of methoxy groups -OCH3 is 1. The van der Waals surface area contributed by atoms with Crippen molar-refractivity contribution in [1.29, 1.82) is 0 Å². The molecule has 0 aliphatic rings. The van der Waals surface area contributed by atoms with Crippen molar-refractivity contribution in [1.82, 2.24) is 9.73 Å². The zero-order valence-corrected chi connectivity index (χ0v) is 20.1. The number of carbonyl (C=O) groups excluding carboxylic acids is 1. The monoisotopic (exact) mass is 481 g/mol. The molecule has 0 aliphatic carbocycles. The molecule has 178 valence electrons. The molecule has 34 heavy (non-hydrogen) atoms. The molecule has 0 heterocycles. The number of para-hydroxylation sites is 1. The first kappa shape index (κ1) is 24.9. The number of likely N-dealkylation sites (N-methyl/N-ethyl adjacent to an activating group) is 1. The predicted molar refractivity (Wildman–Crippen MR) is 130 cm³/mol. The van der Waals surface area contributed by atoms with E-state index in [1.165, 1.54) is 26.4 Å². The van der Waals surface area contributed by atoms with E-state index in [4.69, 9.17) is 9.47 Å². The number of rotatable bonds is 10. The first-order valence-electron chi connectivity index (χ1n) is 10.5. The van der Waals surface area contributed by atoms with Gasteiger partial charge in [0.15, 0.2) is 0 Å². The van der Waals surface area contributed by atoms with Crippen molar-refractivity contribution >= 4 is 22.1 Å². The van der Waals surface area contributed by atoms with Gasteiger partial charge in [-0.25, -0.2) is 13.8 Å². The topological polar surface area (TPSA) is 97.3 Å². The summed E-state index contributed by atoms with van der Waals surface area (Å²) in [5, 5.41) is 3.96. The summed E-state index contributed by atoms with van der Waals surface area (Å²) >= 11 is 0. The van der Waals surface area contributed by atoms with E-state index in [0.717, 1.165) is 15.4 Å². The maximum absolute atomic E-state index is 12.9. The molecular weight excluding hydrogens is 454 g/mol. The first-order chi connectivity index (χ1) is 16.3. The molecule has 0 fully saturated rings. The molecule has 0 saturated heterocycles. The fourth-order valence-corrected chi connectivity index (χ4v) is 4.47. The summed E-state index contributed by atoms with van der Waals surface area (Å²) in [6.45, 7) is 1.76. The molecule has 0 bridgehead atoms. The first-order valence-corrected chi connectivity index (χ1v) is 11.9. The van der Waals surface area contributed by atoms with Crippen LogP contribution in [0.1, 0.15) is 16.7 Å². The summed E-state index contributed by atoms with van der Waals surface area (Å²) in [5.41, 5.74) is 4.82. The van der Waals surface area contributed by atoms with Crippen LogP contribution in [0.3, 0.4) is 0 Å². The number of carbonyl (C=O) groups is 1. The number of sulfonamides is 1. The van der Waals surface area contributed by atoms with Crippen LogP contribution in [0.4, 0.5) is 0 Å². The third kappa shape index (κ3) is 6.43. The highest BCUT2D eigenvalue weighted by Crippen LogP contribution is 2.27. The SMILES string of the molecule is COc1ccc(C)cc1S(=O)(=O)N(C)CC(=O)N/N=C/c1ccccc1OCc1ccccc1. The lowest BCUT2D eigenvalue weighted by Gasteiger charge is -2.18. The summed E-state index contributed by atoms with van der Waals surface area (Å²) in [5.74, 6) is 0.232. The van der Waals surface area contributed by atoms with Gasteiger partial charge < -0.3 is 9.47 Å². The molecule has 0 saturated carbocycles. The highest BCUT2D eigenvalue weighted by atomic mass is 32.2. The van der Waals surface area contributed by atoms with Crippen LogP contribution < -0.4 is 14.9 Å². The molecule has 0 spiro atoms. The number of hydrogen-bond donors (Lipinski definition) is 1. The second-order valence-corrected chi connectivity index (χ2v) is 9.53. The van der Waals surface area contributed by atoms with E-state index in [9.17, 15) is 13.2 Å². The molecule has 1 N–H and O–H groups in total. The minimum absolute atomic E-state index is 0.00158. The average molecular weight is 482 g/mol. The van der Waals surface area contributed by atoms with E-state index in [2.05, 4.69) is 10.5 Å². The van der Waals surface area contributed by atoms with Crippen molar-refractivity contribution in [3.8, 4) is 11.5 Å². The van der Waals surface area contributed by atoms with Gasteiger partial charge in [0.25, 0.3) is 5.91 Å². The summed E-state index contributed by atoms with van der Waals surface area (Å²) < 4.78 is 37.9. The second-order valence-electron chi connectivity index (χ2n) is 7.52. The van der Waals surface area contributed by atoms with Crippen LogP contribution >= 0.6 is 0 Å². The van der Waals surface area contributed by atoms with E-state index >= 15 is 0 Å². The number of hydrazone groups is 1. The molecule has 0 unspecified atom stereocenters. The molecule has 9 heteroatoms. The molecule has 0 atom stereocenters. The number of benzene rings is 3. The van der Waals surface area contributed by atoms with E-state index in [-0.39, 0.29) is 10.6 Å². The van der Waals surface area contributed by atoms with Gasteiger partial charge in [0.2, 0.25) is 10.0 Å². The zero-order valence-electron chi connectivity index (χ0n) is 19.3. The van der Waals surface area contributed by atoms with Crippen molar-refractivity contribution in [2.75, 3.05) is 20.7 Å². The number of nitrogens with one attached hydrogen (secondary N) is 1. The van der Waals surface area contributed by atoms with Crippen LogP contribution in [0, 0.1) is 6.92 Å². The maximum Gasteiger partial charge on any atom is 0.255 e. The Labute approximate surface area is 199 Å².